The maximum atomic E-state index is 12.6. The summed E-state index contributed by atoms with van der Waals surface area (Å²) in [5.41, 5.74) is 0.974. The molecule has 2 aromatic rings. The Morgan fingerprint density at radius 1 is 1.26 bits per heavy atom. The molecule has 0 atom stereocenters. The molecule has 0 spiro atoms. The number of carbonyl (C=O) groups is 2. The number of aromatic nitrogens is 2. The van der Waals surface area contributed by atoms with Gasteiger partial charge in [-0.3, -0.25) is 14.4 Å². The molecule has 142 valence electrons. The number of nitrogens with one attached hydrogen (secondary N) is 1. The second-order valence-corrected chi connectivity index (χ2v) is 6.81. The highest BCUT2D eigenvalue weighted by atomic mass is 35.5. The first-order valence-electron chi connectivity index (χ1n) is 8.99. The largest absolute Gasteiger partial charge is 0.319 e. The quantitative estimate of drug-likeness (QED) is 0.824. The summed E-state index contributed by atoms with van der Waals surface area (Å²) < 4.78 is 1.29. The van der Waals surface area contributed by atoms with Gasteiger partial charge in [-0.2, -0.15) is 5.10 Å². The first-order valence-corrected chi connectivity index (χ1v) is 9.37. The number of rotatable bonds is 6. The van der Waals surface area contributed by atoms with E-state index in [9.17, 15) is 14.4 Å². The molecule has 1 aromatic heterocycles. The molecule has 0 radical (unpaired) electrons. The van der Waals surface area contributed by atoms with Crippen molar-refractivity contribution in [3.63, 3.8) is 0 Å². The van der Waals surface area contributed by atoms with Crippen LogP contribution in [0.4, 0.5) is 11.4 Å². The molecule has 0 saturated carbocycles. The normalized spacial score (nSPS) is 13.9. The Morgan fingerprint density at radius 2 is 2.07 bits per heavy atom. The molecule has 7 nitrogen and oxygen atoms in total. The fraction of sp³-hybridized carbons (Fsp3) is 0.368. The van der Waals surface area contributed by atoms with Crippen LogP contribution >= 0.6 is 11.6 Å². The molecule has 1 aliphatic heterocycles. The van der Waals surface area contributed by atoms with Crippen molar-refractivity contribution in [1.82, 2.24) is 9.78 Å². The second kappa shape index (κ2) is 8.35. The lowest BCUT2D eigenvalue weighted by atomic mass is 10.2. The number of benzene rings is 1. The topological polar surface area (TPSA) is 84.3 Å². The van der Waals surface area contributed by atoms with Crippen LogP contribution in [0.2, 0.25) is 5.02 Å². The highest BCUT2D eigenvalue weighted by Gasteiger charge is 2.22. The molecule has 2 heterocycles. The van der Waals surface area contributed by atoms with E-state index in [-0.39, 0.29) is 17.2 Å². The zero-order valence-corrected chi connectivity index (χ0v) is 15.8. The van der Waals surface area contributed by atoms with Gasteiger partial charge in [-0.15, -0.1) is 0 Å². The Balaban J connectivity index is 1.81. The molecule has 0 aliphatic carbocycles. The van der Waals surface area contributed by atoms with Crippen LogP contribution in [0.3, 0.4) is 0 Å². The van der Waals surface area contributed by atoms with Crippen LogP contribution in [0.15, 0.2) is 35.1 Å². The van der Waals surface area contributed by atoms with E-state index in [2.05, 4.69) is 10.4 Å². The monoisotopic (exact) mass is 388 g/mol. The second-order valence-electron chi connectivity index (χ2n) is 6.40. The third-order valence-electron chi connectivity index (χ3n) is 4.41. The number of aryl methyl sites for hydroxylation is 1. The molecule has 1 saturated heterocycles. The molecule has 1 N–H and O–H groups in total. The molecule has 0 unspecified atom stereocenters. The summed E-state index contributed by atoms with van der Waals surface area (Å²) in [6, 6.07) is 7.80. The standard InChI is InChI=1S/C19H21ClN4O3/c1-2-3-11-24-18(26)9-8-15(22-24)19(27)21-16-12-13(6-7-14(16)20)23-10-4-5-17(23)25/h6-9,12H,2-5,10-11H2,1H3,(H,21,27). The molecule has 1 fully saturated rings. The predicted octanol–water partition coefficient (Wildman–Crippen LogP) is 3.08. The van der Waals surface area contributed by atoms with Crippen molar-refractivity contribution >= 4 is 34.8 Å². The zero-order valence-electron chi connectivity index (χ0n) is 15.1. The van der Waals surface area contributed by atoms with E-state index >= 15 is 0 Å². The Bertz CT molecular complexity index is 925. The number of unbranched alkanes of at least 4 members (excludes halogenated alkanes) is 1. The van der Waals surface area contributed by atoms with Gasteiger partial charge in [0.1, 0.15) is 5.69 Å². The van der Waals surface area contributed by atoms with Crippen molar-refractivity contribution in [2.45, 2.75) is 39.2 Å². The van der Waals surface area contributed by atoms with Crippen LogP contribution in [-0.4, -0.2) is 28.1 Å². The fourth-order valence-electron chi connectivity index (χ4n) is 2.92. The van der Waals surface area contributed by atoms with Crippen LogP contribution in [0, 0.1) is 0 Å². The molecular weight excluding hydrogens is 368 g/mol. The SMILES string of the molecule is CCCCn1nc(C(=O)Nc2cc(N3CCCC3=O)ccc2Cl)ccc1=O. The molecule has 0 bridgehead atoms. The highest BCUT2D eigenvalue weighted by Crippen LogP contribution is 2.30. The highest BCUT2D eigenvalue weighted by molar-refractivity contribution is 6.34. The Labute approximate surface area is 161 Å². The summed E-state index contributed by atoms with van der Waals surface area (Å²) in [5.74, 6) is -0.411. The minimum Gasteiger partial charge on any atom is -0.319 e. The van der Waals surface area contributed by atoms with Gasteiger partial charge >= 0.3 is 0 Å². The number of carbonyl (C=O) groups excluding carboxylic acids is 2. The van der Waals surface area contributed by atoms with Crippen LogP contribution < -0.4 is 15.8 Å². The maximum Gasteiger partial charge on any atom is 0.276 e. The van der Waals surface area contributed by atoms with Crippen LogP contribution in [0.5, 0.6) is 0 Å². The maximum absolute atomic E-state index is 12.6. The fourth-order valence-corrected chi connectivity index (χ4v) is 3.09. The Hall–Kier alpha value is -2.67. The van der Waals surface area contributed by atoms with Crippen molar-refractivity contribution in [2.75, 3.05) is 16.8 Å². The molecule has 3 rings (SSSR count). The first-order chi connectivity index (χ1) is 13.0. The smallest absolute Gasteiger partial charge is 0.276 e. The van der Waals surface area contributed by atoms with Crippen molar-refractivity contribution in [2.24, 2.45) is 0 Å². The van der Waals surface area contributed by atoms with Crippen molar-refractivity contribution in [1.29, 1.82) is 0 Å². The zero-order chi connectivity index (χ0) is 19.4. The summed E-state index contributed by atoms with van der Waals surface area (Å²) in [4.78, 5) is 38.0. The van der Waals surface area contributed by atoms with E-state index < -0.39 is 5.91 Å². The Morgan fingerprint density at radius 3 is 2.78 bits per heavy atom. The van der Waals surface area contributed by atoms with Crippen molar-refractivity contribution in [3.8, 4) is 0 Å². The van der Waals surface area contributed by atoms with Gasteiger partial charge in [0.2, 0.25) is 5.91 Å². The van der Waals surface area contributed by atoms with Gasteiger partial charge in [0, 0.05) is 31.3 Å². The van der Waals surface area contributed by atoms with Gasteiger partial charge in [0.05, 0.1) is 10.7 Å². The van der Waals surface area contributed by atoms with Gasteiger partial charge < -0.3 is 10.2 Å². The van der Waals surface area contributed by atoms with Gasteiger partial charge in [0.15, 0.2) is 0 Å². The van der Waals surface area contributed by atoms with Gasteiger partial charge in [0.25, 0.3) is 11.5 Å². The summed E-state index contributed by atoms with van der Waals surface area (Å²) in [5, 5.41) is 7.21. The summed E-state index contributed by atoms with van der Waals surface area (Å²) in [7, 11) is 0. The average molecular weight is 389 g/mol. The van der Waals surface area contributed by atoms with E-state index in [1.165, 1.54) is 16.8 Å². The molecule has 8 heteroatoms. The summed E-state index contributed by atoms with van der Waals surface area (Å²) in [6.45, 7) is 3.13. The van der Waals surface area contributed by atoms with Crippen LogP contribution in [0.1, 0.15) is 43.1 Å². The number of amides is 2. The average Bonchev–Trinajstić information content (AvgIpc) is 3.08. The van der Waals surface area contributed by atoms with E-state index in [1.807, 2.05) is 6.92 Å². The van der Waals surface area contributed by atoms with Gasteiger partial charge in [-0.1, -0.05) is 24.9 Å². The molecule has 2 amide bonds. The Kier molecular flexibility index (Phi) is 5.91. The summed E-state index contributed by atoms with van der Waals surface area (Å²) in [6.07, 6.45) is 3.05. The van der Waals surface area contributed by atoms with E-state index in [4.69, 9.17) is 11.6 Å². The number of anilines is 2. The third kappa shape index (κ3) is 4.36. The lowest BCUT2D eigenvalue weighted by Gasteiger charge is -2.17. The first kappa shape index (κ1) is 19.1. The van der Waals surface area contributed by atoms with Gasteiger partial charge in [-0.25, -0.2) is 4.68 Å². The third-order valence-corrected chi connectivity index (χ3v) is 4.74. The molecule has 27 heavy (non-hydrogen) atoms. The number of nitrogens with zero attached hydrogens (tertiary/aromatic N) is 3. The lowest BCUT2D eigenvalue weighted by Crippen LogP contribution is -2.26. The van der Waals surface area contributed by atoms with E-state index in [1.54, 1.807) is 23.1 Å². The van der Waals surface area contributed by atoms with Crippen LogP contribution in [0.25, 0.3) is 0 Å². The molecule has 1 aromatic carbocycles. The predicted molar refractivity (Wildman–Crippen MR) is 104 cm³/mol. The number of hydrogen-bond donors (Lipinski definition) is 1. The van der Waals surface area contributed by atoms with Crippen molar-refractivity contribution in [3.05, 3.63) is 51.4 Å². The minimum absolute atomic E-state index is 0.0549. The molecular formula is C19H21ClN4O3. The van der Waals surface area contributed by atoms with Gasteiger partial charge in [-0.05, 0) is 37.1 Å². The number of halogens is 1. The van der Waals surface area contributed by atoms with Crippen LogP contribution in [-0.2, 0) is 11.3 Å². The van der Waals surface area contributed by atoms with E-state index in [0.717, 1.165) is 19.3 Å². The van der Waals surface area contributed by atoms with E-state index in [0.29, 0.717) is 35.9 Å². The molecule has 1 aliphatic rings. The summed E-state index contributed by atoms with van der Waals surface area (Å²) >= 11 is 6.20. The van der Waals surface area contributed by atoms with Crippen molar-refractivity contribution < 1.29 is 9.59 Å². The lowest BCUT2D eigenvalue weighted by molar-refractivity contribution is -0.117. The number of hydrogen-bond acceptors (Lipinski definition) is 4. The minimum atomic E-state index is -0.466.